The lowest BCUT2D eigenvalue weighted by Gasteiger charge is -2.32. The van der Waals surface area contributed by atoms with Crippen molar-refractivity contribution in [1.29, 1.82) is 0 Å². The fourth-order valence-electron chi connectivity index (χ4n) is 2.60. The summed E-state index contributed by atoms with van der Waals surface area (Å²) < 4.78 is 5.22. The molecule has 6 nitrogen and oxygen atoms in total. The Kier molecular flexibility index (Phi) is 3.57. The van der Waals surface area contributed by atoms with Gasteiger partial charge in [0.2, 0.25) is 0 Å². The maximum Gasteiger partial charge on any atom is 0.253 e. The molecule has 1 aromatic carbocycles. The number of aromatic nitrogens is 1. The number of nitrogens with one attached hydrogen (secondary N) is 2. The third-order valence-corrected chi connectivity index (χ3v) is 3.95. The number of H-pyrrole nitrogens is 1. The summed E-state index contributed by atoms with van der Waals surface area (Å²) in [5.41, 5.74) is 6.87. The maximum absolute atomic E-state index is 12.3. The molecule has 0 atom stereocenters. The summed E-state index contributed by atoms with van der Waals surface area (Å²) in [7, 11) is 0. The van der Waals surface area contributed by atoms with E-state index >= 15 is 0 Å². The van der Waals surface area contributed by atoms with Crippen LogP contribution in [0.1, 0.15) is 23.2 Å². The van der Waals surface area contributed by atoms with E-state index in [1.54, 1.807) is 18.3 Å². The molecule has 2 aromatic rings. The van der Waals surface area contributed by atoms with E-state index in [1.165, 1.54) is 0 Å². The molecule has 3 rings (SSSR count). The highest BCUT2D eigenvalue weighted by molar-refractivity contribution is 6.07. The molecule has 0 spiro atoms. The Bertz CT molecular complexity index is 659. The molecular weight excluding hydrogens is 270 g/mol. The molecule has 1 aliphatic heterocycles. The normalized spacial score (nSPS) is 17.8. The van der Waals surface area contributed by atoms with Gasteiger partial charge in [-0.2, -0.15) is 0 Å². The van der Waals surface area contributed by atoms with E-state index in [4.69, 9.17) is 10.5 Å². The molecule has 0 radical (unpaired) electrons. The number of aliphatic hydroxyl groups is 1. The van der Waals surface area contributed by atoms with Crippen LogP contribution in [0.25, 0.3) is 10.9 Å². The lowest BCUT2D eigenvalue weighted by molar-refractivity contribution is -0.0605. The van der Waals surface area contributed by atoms with Gasteiger partial charge >= 0.3 is 0 Å². The van der Waals surface area contributed by atoms with Gasteiger partial charge in [-0.3, -0.25) is 4.79 Å². The number of nitrogens with two attached hydrogens (primary N) is 1. The SMILES string of the molecule is Nc1ccc2c(C(=O)NCC3(O)CCOCC3)c[nH]c2c1. The molecule has 1 fully saturated rings. The molecule has 1 amide bonds. The Morgan fingerprint density at radius 1 is 1.43 bits per heavy atom. The Balaban J connectivity index is 1.72. The van der Waals surface area contributed by atoms with E-state index in [0.717, 1.165) is 10.9 Å². The Hall–Kier alpha value is -2.05. The van der Waals surface area contributed by atoms with Crippen LogP contribution in [0.15, 0.2) is 24.4 Å². The van der Waals surface area contributed by atoms with Crippen molar-refractivity contribution in [2.45, 2.75) is 18.4 Å². The number of nitrogen functional groups attached to an aromatic ring is 1. The highest BCUT2D eigenvalue weighted by Crippen LogP contribution is 2.22. The summed E-state index contributed by atoms with van der Waals surface area (Å²) in [4.78, 5) is 15.3. The second kappa shape index (κ2) is 5.38. The van der Waals surface area contributed by atoms with Gasteiger partial charge in [-0.15, -0.1) is 0 Å². The smallest absolute Gasteiger partial charge is 0.253 e. The predicted octanol–water partition coefficient (Wildman–Crippen LogP) is 1.02. The lowest BCUT2D eigenvalue weighted by Crippen LogP contribution is -2.46. The number of fused-ring (bicyclic) bond motifs is 1. The second-order valence-electron chi connectivity index (χ2n) is 5.53. The molecule has 21 heavy (non-hydrogen) atoms. The van der Waals surface area contributed by atoms with E-state index in [0.29, 0.717) is 37.3 Å². The fourth-order valence-corrected chi connectivity index (χ4v) is 2.60. The summed E-state index contributed by atoms with van der Waals surface area (Å²) in [6, 6.07) is 5.37. The van der Waals surface area contributed by atoms with Gasteiger partial charge < -0.3 is 25.9 Å². The minimum atomic E-state index is -0.871. The number of carbonyl (C=O) groups is 1. The van der Waals surface area contributed by atoms with Crippen molar-refractivity contribution in [1.82, 2.24) is 10.3 Å². The first-order valence-electron chi connectivity index (χ1n) is 7.02. The highest BCUT2D eigenvalue weighted by atomic mass is 16.5. The van der Waals surface area contributed by atoms with E-state index in [1.807, 2.05) is 6.07 Å². The Labute approximate surface area is 122 Å². The van der Waals surface area contributed by atoms with Gasteiger partial charge in [0.1, 0.15) is 0 Å². The first-order chi connectivity index (χ1) is 10.1. The fraction of sp³-hybridized carbons (Fsp3) is 0.400. The minimum Gasteiger partial charge on any atom is -0.399 e. The van der Waals surface area contributed by atoms with E-state index in [-0.39, 0.29) is 12.5 Å². The number of hydrogen-bond donors (Lipinski definition) is 4. The van der Waals surface area contributed by atoms with Crippen LogP contribution in [-0.4, -0.2) is 41.4 Å². The number of carbonyl (C=O) groups excluding carboxylic acids is 1. The highest BCUT2D eigenvalue weighted by Gasteiger charge is 2.30. The average molecular weight is 289 g/mol. The van der Waals surface area contributed by atoms with Crippen LogP contribution in [0.2, 0.25) is 0 Å². The number of hydrogen-bond acceptors (Lipinski definition) is 4. The van der Waals surface area contributed by atoms with Crippen LogP contribution in [0.4, 0.5) is 5.69 Å². The largest absolute Gasteiger partial charge is 0.399 e. The van der Waals surface area contributed by atoms with Crippen LogP contribution in [0.3, 0.4) is 0 Å². The minimum absolute atomic E-state index is 0.203. The zero-order valence-electron chi connectivity index (χ0n) is 11.7. The van der Waals surface area contributed by atoms with Gasteiger partial charge in [-0.1, -0.05) is 0 Å². The number of amides is 1. The van der Waals surface area contributed by atoms with Crippen molar-refractivity contribution in [3.8, 4) is 0 Å². The summed E-state index contributed by atoms with van der Waals surface area (Å²) in [5.74, 6) is -0.203. The van der Waals surface area contributed by atoms with Gasteiger partial charge in [0.15, 0.2) is 0 Å². The van der Waals surface area contributed by atoms with Gasteiger partial charge in [0.05, 0.1) is 11.2 Å². The van der Waals surface area contributed by atoms with E-state index in [2.05, 4.69) is 10.3 Å². The van der Waals surface area contributed by atoms with Crippen molar-refractivity contribution >= 4 is 22.5 Å². The predicted molar refractivity (Wildman–Crippen MR) is 80.0 cm³/mol. The average Bonchev–Trinajstić information content (AvgIpc) is 2.88. The number of ether oxygens (including phenoxy) is 1. The number of benzene rings is 1. The molecule has 1 aliphatic rings. The second-order valence-corrected chi connectivity index (χ2v) is 5.53. The number of rotatable bonds is 3. The first kappa shape index (κ1) is 13.9. The van der Waals surface area contributed by atoms with Gasteiger partial charge in [0, 0.05) is 55.4 Å². The van der Waals surface area contributed by atoms with E-state index < -0.39 is 5.60 Å². The van der Waals surface area contributed by atoms with E-state index in [9.17, 15) is 9.90 Å². The van der Waals surface area contributed by atoms with Crippen molar-refractivity contribution < 1.29 is 14.6 Å². The van der Waals surface area contributed by atoms with Gasteiger partial charge in [0.25, 0.3) is 5.91 Å². The summed E-state index contributed by atoms with van der Waals surface area (Å²) in [6.45, 7) is 1.29. The third kappa shape index (κ3) is 2.86. The topological polar surface area (TPSA) is 100 Å². The quantitative estimate of drug-likeness (QED) is 0.634. The molecule has 1 aromatic heterocycles. The zero-order valence-corrected chi connectivity index (χ0v) is 11.7. The van der Waals surface area contributed by atoms with Gasteiger partial charge in [-0.05, 0) is 18.2 Å². The number of aromatic amines is 1. The van der Waals surface area contributed by atoms with Crippen molar-refractivity contribution in [3.05, 3.63) is 30.0 Å². The molecular formula is C15H19N3O3. The molecule has 112 valence electrons. The van der Waals surface area contributed by atoms with Crippen LogP contribution >= 0.6 is 0 Å². The molecule has 0 unspecified atom stereocenters. The molecule has 5 N–H and O–H groups in total. The third-order valence-electron chi connectivity index (χ3n) is 3.95. The van der Waals surface area contributed by atoms with Gasteiger partial charge in [-0.25, -0.2) is 0 Å². The Morgan fingerprint density at radius 2 is 2.19 bits per heavy atom. The van der Waals surface area contributed by atoms with Crippen LogP contribution in [0.5, 0.6) is 0 Å². The van der Waals surface area contributed by atoms with Crippen molar-refractivity contribution in [2.75, 3.05) is 25.5 Å². The first-order valence-corrected chi connectivity index (χ1v) is 7.02. The molecule has 0 aliphatic carbocycles. The molecule has 0 saturated carbocycles. The molecule has 0 bridgehead atoms. The summed E-state index contributed by atoms with van der Waals surface area (Å²) in [6.07, 6.45) is 2.74. The van der Waals surface area contributed by atoms with Crippen molar-refractivity contribution in [3.63, 3.8) is 0 Å². The number of anilines is 1. The molecule has 6 heteroatoms. The standard InChI is InChI=1S/C15H19N3O3/c16-10-1-2-11-12(8-17-13(11)7-10)14(19)18-9-15(20)3-5-21-6-4-15/h1-2,7-8,17,20H,3-6,9,16H2,(H,18,19). The van der Waals surface area contributed by atoms with Crippen LogP contribution in [-0.2, 0) is 4.74 Å². The molecule has 1 saturated heterocycles. The van der Waals surface area contributed by atoms with Crippen LogP contribution < -0.4 is 11.1 Å². The molecule has 2 heterocycles. The van der Waals surface area contributed by atoms with Crippen molar-refractivity contribution in [2.24, 2.45) is 0 Å². The summed E-state index contributed by atoms with van der Waals surface area (Å²) >= 11 is 0. The summed E-state index contributed by atoms with van der Waals surface area (Å²) in [5, 5.41) is 14.0. The lowest BCUT2D eigenvalue weighted by atomic mass is 9.94. The Morgan fingerprint density at radius 3 is 2.95 bits per heavy atom. The van der Waals surface area contributed by atoms with Crippen LogP contribution in [0, 0.1) is 0 Å². The maximum atomic E-state index is 12.3. The monoisotopic (exact) mass is 289 g/mol. The zero-order chi connectivity index (χ0) is 14.9.